The second-order valence-electron chi connectivity index (χ2n) is 10.9. The van der Waals surface area contributed by atoms with E-state index in [0.29, 0.717) is 0 Å². The lowest BCUT2D eigenvalue weighted by molar-refractivity contribution is 0.575. The molecule has 0 heteroatoms. The first-order valence-corrected chi connectivity index (χ1v) is 15.0. The molecular formula is C34H52. The first-order valence-electron chi connectivity index (χ1n) is 15.0. The van der Waals surface area contributed by atoms with Crippen LogP contribution in [0.5, 0.6) is 0 Å². The zero-order valence-electron chi connectivity index (χ0n) is 22.6. The average molecular weight is 461 g/mol. The van der Waals surface area contributed by atoms with Gasteiger partial charge in [0.15, 0.2) is 0 Å². The van der Waals surface area contributed by atoms with Crippen molar-refractivity contribution < 1.29 is 0 Å². The molecule has 0 heterocycles. The minimum atomic E-state index is 1.29. The highest BCUT2D eigenvalue weighted by atomic mass is 14.2. The molecule has 2 aliphatic rings. The summed E-state index contributed by atoms with van der Waals surface area (Å²) in [6.07, 6.45) is 27.7. The van der Waals surface area contributed by atoms with Crippen molar-refractivity contribution in [3.8, 4) is 0 Å². The van der Waals surface area contributed by atoms with Gasteiger partial charge in [-0.25, -0.2) is 0 Å². The van der Waals surface area contributed by atoms with Crippen LogP contribution in [-0.2, 0) is 38.5 Å². The highest BCUT2D eigenvalue weighted by Gasteiger charge is 2.15. The van der Waals surface area contributed by atoms with Gasteiger partial charge in [-0.1, -0.05) is 127 Å². The van der Waals surface area contributed by atoms with Gasteiger partial charge in [0.2, 0.25) is 0 Å². The molecule has 2 aromatic carbocycles. The second kappa shape index (κ2) is 16.2. The molecule has 0 saturated carbocycles. The molecule has 0 atom stereocenters. The Morgan fingerprint density at radius 3 is 1.65 bits per heavy atom. The minimum absolute atomic E-state index is 1.29. The molecule has 0 nitrogen and oxygen atoms in total. The summed E-state index contributed by atoms with van der Waals surface area (Å²) in [5.41, 5.74) is 9.71. The molecule has 0 spiro atoms. The summed E-state index contributed by atoms with van der Waals surface area (Å²) in [5.74, 6) is 0. The van der Waals surface area contributed by atoms with Crippen LogP contribution in [0.1, 0.15) is 137 Å². The van der Waals surface area contributed by atoms with E-state index in [1.807, 2.05) is 0 Å². The van der Waals surface area contributed by atoms with Gasteiger partial charge in [-0.3, -0.25) is 0 Å². The Kier molecular flexibility index (Phi) is 12.9. The first kappa shape index (κ1) is 27.0. The summed E-state index contributed by atoms with van der Waals surface area (Å²) in [7, 11) is 0. The van der Waals surface area contributed by atoms with Crippen molar-refractivity contribution in [2.45, 2.75) is 142 Å². The Morgan fingerprint density at radius 1 is 0.500 bits per heavy atom. The maximum atomic E-state index is 2.44. The molecule has 0 aromatic heterocycles. The molecule has 0 bridgehead atoms. The van der Waals surface area contributed by atoms with E-state index in [-0.39, 0.29) is 0 Å². The number of hydrogen-bond donors (Lipinski definition) is 0. The number of fused-ring (bicyclic) bond motifs is 2. The highest BCUT2D eigenvalue weighted by molar-refractivity contribution is 5.42. The maximum absolute atomic E-state index is 2.44. The standard InChI is InChI=1S/C18H28.C16H24/c1-2-3-4-5-6-7-8-9-10-16-11-12-17-13-14-18(17)15-16;1-2-3-4-5-6-7-9-14-10-8-11-15-12-13-16(14)15/h11-12,15H,2-10,13-14H2,1H3;8,10-11H,2-7,9,12-13H2,1H3. The highest BCUT2D eigenvalue weighted by Crippen LogP contribution is 2.27. The molecule has 0 amide bonds. The summed E-state index contributed by atoms with van der Waals surface area (Å²) in [6, 6.07) is 14.0. The van der Waals surface area contributed by atoms with Crippen LogP contribution in [0.15, 0.2) is 36.4 Å². The van der Waals surface area contributed by atoms with E-state index in [9.17, 15) is 0 Å². The SMILES string of the molecule is CCCCCCCCCCc1ccc2c(c1)CC2.CCCCCCCCc1cccc2c1CC2. The van der Waals surface area contributed by atoms with Gasteiger partial charge in [0.25, 0.3) is 0 Å². The number of aryl methyl sites for hydroxylation is 5. The van der Waals surface area contributed by atoms with Gasteiger partial charge in [-0.2, -0.15) is 0 Å². The van der Waals surface area contributed by atoms with E-state index in [2.05, 4.69) is 50.2 Å². The molecule has 2 aromatic rings. The maximum Gasteiger partial charge on any atom is -0.0233 e. The normalized spacial score (nSPS) is 13.2. The van der Waals surface area contributed by atoms with E-state index in [0.717, 1.165) is 0 Å². The molecule has 0 fully saturated rings. The summed E-state index contributed by atoms with van der Waals surface area (Å²) in [4.78, 5) is 0. The van der Waals surface area contributed by atoms with Crippen LogP contribution in [0.25, 0.3) is 0 Å². The lowest BCUT2D eigenvalue weighted by Crippen LogP contribution is -2.11. The van der Waals surface area contributed by atoms with Crippen molar-refractivity contribution in [1.82, 2.24) is 0 Å². The van der Waals surface area contributed by atoms with Gasteiger partial charge in [0.05, 0.1) is 0 Å². The van der Waals surface area contributed by atoms with Crippen molar-refractivity contribution >= 4 is 0 Å². The van der Waals surface area contributed by atoms with Crippen LogP contribution >= 0.6 is 0 Å². The minimum Gasteiger partial charge on any atom is -0.0654 e. The lowest BCUT2D eigenvalue weighted by Gasteiger charge is -2.22. The predicted molar refractivity (Wildman–Crippen MR) is 151 cm³/mol. The quantitative estimate of drug-likeness (QED) is 0.218. The molecule has 4 rings (SSSR count). The van der Waals surface area contributed by atoms with E-state index in [1.54, 1.807) is 33.4 Å². The number of unbranched alkanes of at least 4 members (excludes halogenated alkanes) is 12. The fourth-order valence-corrected chi connectivity index (χ4v) is 5.52. The van der Waals surface area contributed by atoms with Crippen molar-refractivity contribution in [2.24, 2.45) is 0 Å². The topological polar surface area (TPSA) is 0 Å². The fraction of sp³-hybridized carbons (Fsp3) is 0.647. The van der Waals surface area contributed by atoms with Crippen LogP contribution in [0.2, 0.25) is 0 Å². The van der Waals surface area contributed by atoms with Gasteiger partial charge in [0.1, 0.15) is 0 Å². The Bertz CT molecular complexity index is 815. The van der Waals surface area contributed by atoms with Crippen LogP contribution < -0.4 is 0 Å². The van der Waals surface area contributed by atoms with Crippen LogP contribution in [-0.4, -0.2) is 0 Å². The van der Waals surface area contributed by atoms with E-state index in [1.165, 1.54) is 128 Å². The summed E-state index contributed by atoms with van der Waals surface area (Å²) >= 11 is 0. The van der Waals surface area contributed by atoms with E-state index in [4.69, 9.17) is 0 Å². The van der Waals surface area contributed by atoms with Gasteiger partial charge in [-0.15, -0.1) is 0 Å². The Balaban J connectivity index is 0.000000192. The third-order valence-corrected chi connectivity index (χ3v) is 8.07. The molecule has 2 aliphatic carbocycles. The van der Waals surface area contributed by atoms with Crippen LogP contribution in [0, 0.1) is 0 Å². The Morgan fingerprint density at radius 2 is 1.09 bits per heavy atom. The third kappa shape index (κ3) is 9.24. The molecule has 0 saturated heterocycles. The van der Waals surface area contributed by atoms with E-state index >= 15 is 0 Å². The zero-order valence-corrected chi connectivity index (χ0v) is 22.6. The smallest absolute Gasteiger partial charge is 0.0233 e. The van der Waals surface area contributed by atoms with Crippen molar-refractivity contribution in [1.29, 1.82) is 0 Å². The fourth-order valence-electron chi connectivity index (χ4n) is 5.52. The Labute approximate surface area is 212 Å². The van der Waals surface area contributed by atoms with Crippen molar-refractivity contribution in [2.75, 3.05) is 0 Å². The largest absolute Gasteiger partial charge is 0.0654 e. The number of benzene rings is 2. The third-order valence-electron chi connectivity index (χ3n) is 8.07. The Hall–Kier alpha value is -1.56. The molecular weight excluding hydrogens is 408 g/mol. The molecule has 34 heavy (non-hydrogen) atoms. The molecule has 0 radical (unpaired) electrons. The van der Waals surface area contributed by atoms with Crippen LogP contribution in [0.4, 0.5) is 0 Å². The van der Waals surface area contributed by atoms with Crippen molar-refractivity contribution in [3.05, 3.63) is 69.8 Å². The predicted octanol–water partition coefficient (Wildman–Crippen LogP) is 10.2. The summed E-state index contributed by atoms with van der Waals surface area (Å²) in [5, 5.41) is 0. The van der Waals surface area contributed by atoms with Crippen LogP contribution in [0.3, 0.4) is 0 Å². The molecule has 0 aliphatic heterocycles. The summed E-state index contributed by atoms with van der Waals surface area (Å²) in [6.45, 7) is 4.57. The average Bonchev–Trinajstić information content (AvgIpc) is 2.81. The van der Waals surface area contributed by atoms with Gasteiger partial charge >= 0.3 is 0 Å². The van der Waals surface area contributed by atoms with Gasteiger partial charge < -0.3 is 0 Å². The summed E-state index contributed by atoms with van der Waals surface area (Å²) < 4.78 is 0. The molecule has 188 valence electrons. The molecule has 0 unspecified atom stereocenters. The first-order chi connectivity index (χ1) is 16.8. The van der Waals surface area contributed by atoms with Gasteiger partial charge in [-0.05, 0) is 84.7 Å². The molecule has 0 N–H and O–H groups in total. The second-order valence-corrected chi connectivity index (χ2v) is 10.9. The number of hydrogen-bond acceptors (Lipinski definition) is 0. The number of rotatable bonds is 16. The van der Waals surface area contributed by atoms with Gasteiger partial charge in [0, 0.05) is 0 Å². The lowest BCUT2D eigenvalue weighted by atomic mass is 9.83. The van der Waals surface area contributed by atoms with Crippen molar-refractivity contribution in [3.63, 3.8) is 0 Å². The van der Waals surface area contributed by atoms with E-state index < -0.39 is 0 Å². The zero-order chi connectivity index (χ0) is 23.8. The monoisotopic (exact) mass is 460 g/mol.